The maximum Gasteiger partial charge on any atom is 0.0431 e. The molecule has 0 radical (unpaired) electrons. The minimum Gasteiger partial charge on any atom is -0.396 e. The molecule has 2 aliphatic carbocycles. The molecule has 0 atom stereocenters. The fourth-order valence-corrected chi connectivity index (χ4v) is 2.64. The van der Waals surface area contributed by atoms with Crippen molar-refractivity contribution in [1.82, 2.24) is 5.32 Å². The van der Waals surface area contributed by atoms with E-state index >= 15 is 0 Å². The summed E-state index contributed by atoms with van der Waals surface area (Å²) in [6, 6.07) is 0. The summed E-state index contributed by atoms with van der Waals surface area (Å²) in [4.78, 5) is 0. The highest BCUT2D eigenvalue weighted by atomic mass is 16.2. The maximum atomic E-state index is 8.64. The van der Waals surface area contributed by atoms with Crippen LogP contribution < -0.4 is 5.32 Å². The van der Waals surface area contributed by atoms with Crippen LogP contribution in [0, 0.1) is 11.3 Å². The van der Waals surface area contributed by atoms with Gasteiger partial charge in [0.2, 0.25) is 0 Å². The van der Waals surface area contributed by atoms with Gasteiger partial charge in [-0.2, -0.15) is 0 Å². The number of rotatable bonds is 9. The molecule has 0 bridgehead atoms. The monoisotopic (exact) mass is 211 g/mol. The Labute approximate surface area is 93.5 Å². The summed E-state index contributed by atoms with van der Waals surface area (Å²) in [7, 11) is 0. The Morgan fingerprint density at radius 1 is 1.07 bits per heavy atom. The largest absolute Gasteiger partial charge is 0.396 e. The molecule has 0 heterocycles. The number of nitrogens with one attached hydrogen (secondary N) is 1. The summed E-state index contributed by atoms with van der Waals surface area (Å²) in [6.07, 6.45) is 10.7. The van der Waals surface area contributed by atoms with Crippen LogP contribution in [0.2, 0.25) is 0 Å². The SMILES string of the molecule is OCCCCCCNCC1(C2CC2)CC1. The normalized spacial score (nSPS) is 23.0. The molecule has 2 aliphatic rings. The van der Waals surface area contributed by atoms with Crippen molar-refractivity contribution >= 4 is 0 Å². The highest BCUT2D eigenvalue weighted by Crippen LogP contribution is 2.60. The molecule has 2 saturated carbocycles. The second kappa shape index (κ2) is 5.31. The van der Waals surface area contributed by atoms with Crippen molar-refractivity contribution in [2.45, 2.75) is 51.4 Å². The zero-order valence-electron chi connectivity index (χ0n) is 9.80. The average Bonchev–Trinajstić information content (AvgIpc) is 3.08. The van der Waals surface area contributed by atoms with Crippen LogP contribution in [0.4, 0.5) is 0 Å². The van der Waals surface area contributed by atoms with E-state index in [1.807, 2.05) is 0 Å². The second-order valence-electron chi connectivity index (χ2n) is 5.45. The van der Waals surface area contributed by atoms with Gasteiger partial charge in [-0.1, -0.05) is 12.8 Å². The van der Waals surface area contributed by atoms with Gasteiger partial charge < -0.3 is 10.4 Å². The third kappa shape index (κ3) is 3.46. The molecular weight excluding hydrogens is 186 g/mol. The molecule has 0 aromatic rings. The zero-order chi connectivity index (χ0) is 10.6. The van der Waals surface area contributed by atoms with Crippen molar-refractivity contribution in [2.24, 2.45) is 11.3 Å². The van der Waals surface area contributed by atoms with Gasteiger partial charge >= 0.3 is 0 Å². The lowest BCUT2D eigenvalue weighted by molar-refractivity contribution is 0.282. The Morgan fingerprint density at radius 2 is 1.80 bits per heavy atom. The van der Waals surface area contributed by atoms with Crippen LogP contribution in [0.3, 0.4) is 0 Å². The first kappa shape index (κ1) is 11.4. The molecule has 2 N–H and O–H groups in total. The first-order valence-electron chi connectivity index (χ1n) is 6.69. The van der Waals surface area contributed by atoms with Gasteiger partial charge in [0, 0.05) is 13.2 Å². The number of aliphatic hydroxyl groups excluding tert-OH is 1. The zero-order valence-corrected chi connectivity index (χ0v) is 9.80. The molecule has 0 aliphatic heterocycles. The molecule has 15 heavy (non-hydrogen) atoms. The fourth-order valence-electron chi connectivity index (χ4n) is 2.64. The molecule has 2 rings (SSSR count). The van der Waals surface area contributed by atoms with Crippen LogP contribution >= 0.6 is 0 Å². The summed E-state index contributed by atoms with van der Waals surface area (Å²) in [5, 5.41) is 12.3. The topological polar surface area (TPSA) is 32.3 Å². The molecule has 0 unspecified atom stereocenters. The molecule has 2 fully saturated rings. The molecule has 0 aromatic heterocycles. The Bertz CT molecular complexity index is 185. The van der Waals surface area contributed by atoms with Crippen molar-refractivity contribution in [3.8, 4) is 0 Å². The van der Waals surface area contributed by atoms with Gasteiger partial charge in [-0.05, 0) is 56.4 Å². The van der Waals surface area contributed by atoms with Gasteiger partial charge in [0.25, 0.3) is 0 Å². The van der Waals surface area contributed by atoms with Gasteiger partial charge in [0.1, 0.15) is 0 Å². The summed E-state index contributed by atoms with van der Waals surface area (Å²) < 4.78 is 0. The van der Waals surface area contributed by atoms with Gasteiger partial charge in [-0.3, -0.25) is 0 Å². The number of hydrogen-bond donors (Lipinski definition) is 2. The average molecular weight is 211 g/mol. The summed E-state index contributed by atoms with van der Waals surface area (Å²) in [5.41, 5.74) is 0.755. The Morgan fingerprint density at radius 3 is 2.40 bits per heavy atom. The highest BCUT2D eigenvalue weighted by molar-refractivity contribution is 5.04. The number of aliphatic hydroxyl groups is 1. The second-order valence-corrected chi connectivity index (χ2v) is 5.45. The van der Waals surface area contributed by atoms with Gasteiger partial charge in [0.15, 0.2) is 0 Å². The van der Waals surface area contributed by atoms with Crippen LogP contribution in [-0.4, -0.2) is 24.8 Å². The van der Waals surface area contributed by atoms with E-state index in [9.17, 15) is 0 Å². The minimum atomic E-state index is 0.359. The van der Waals surface area contributed by atoms with Crippen molar-refractivity contribution in [1.29, 1.82) is 0 Å². The lowest BCUT2D eigenvalue weighted by Crippen LogP contribution is -2.26. The predicted octanol–water partition coefficient (Wildman–Crippen LogP) is 2.32. The van der Waals surface area contributed by atoms with E-state index in [0.29, 0.717) is 6.61 Å². The van der Waals surface area contributed by atoms with E-state index in [1.165, 1.54) is 58.0 Å². The predicted molar refractivity (Wildman–Crippen MR) is 62.8 cm³/mol. The summed E-state index contributed by atoms with van der Waals surface area (Å²) in [6.45, 7) is 2.82. The standard InChI is InChI=1S/C13H25NO/c15-10-4-2-1-3-9-14-11-13(7-8-13)12-5-6-12/h12,14-15H,1-11H2. The number of unbranched alkanes of at least 4 members (excludes halogenated alkanes) is 3. The highest BCUT2D eigenvalue weighted by Gasteiger charge is 2.52. The molecule has 2 heteroatoms. The van der Waals surface area contributed by atoms with E-state index in [4.69, 9.17) is 5.11 Å². The lowest BCUT2D eigenvalue weighted by Gasteiger charge is -2.14. The fraction of sp³-hybridized carbons (Fsp3) is 1.00. The van der Waals surface area contributed by atoms with E-state index in [2.05, 4.69) is 5.32 Å². The Hall–Kier alpha value is -0.0800. The van der Waals surface area contributed by atoms with Crippen LogP contribution in [-0.2, 0) is 0 Å². The minimum absolute atomic E-state index is 0.359. The van der Waals surface area contributed by atoms with Gasteiger partial charge in [-0.25, -0.2) is 0 Å². The van der Waals surface area contributed by atoms with Gasteiger partial charge in [-0.15, -0.1) is 0 Å². The molecule has 88 valence electrons. The van der Waals surface area contributed by atoms with E-state index in [1.54, 1.807) is 0 Å². The van der Waals surface area contributed by atoms with Crippen molar-refractivity contribution in [3.05, 3.63) is 0 Å². The summed E-state index contributed by atoms with van der Waals surface area (Å²) >= 11 is 0. The molecule has 0 spiro atoms. The lowest BCUT2D eigenvalue weighted by atomic mass is 10.0. The molecule has 0 aromatic carbocycles. The van der Waals surface area contributed by atoms with Crippen molar-refractivity contribution in [2.75, 3.05) is 19.7 Å². The van der Waals surface area contributed by atoms with Crippen LogP contribution in [0.25, 0.3) is 0 Å². The van der Waals surface area contributed by atoms with Crippen LogP contribution in [0.1, 0.15) is 51.4 Å². The quantitative estimate of drug-likeness (QED) is 0.574. The molecule has 0 saturated heterocycles. The third-order valence-electron chi connectivity index (χ3n) is 4.07. The maximum absolute atomic E-state index is 8.64. The molecular formula is C13H25NO. The number of hydrogen-bond acceptors (Lipinski definition) is 2. The van der Waals surface area contributed by atoms with E-state index < -0.39 is 0 Å². The smallest absolute Gasteiger partial charge is 0.0431 e. The third-order valence-corrected chi connectivity index (χ3v) is 4.07. The van der Waals surface area contributed by atoms with Crippen molar-refractivity contribution in [3.63, 3.8) is 0 Å². The molecule has 2 nitrogen and oxygen atoms in total. The molecule has 0 amide bonds. The first-order chi connectivity index (χ1) is 7.37. The van der Waals surface area contributed by atoms with E-state index in [0.717, 1.165) is 17.8 Å². The van der Waals surface area contributed by atoms with E-state index in [-0.39, 0.29) is 0 Å². The van der Waals surface area contributed by atoms with Crippen molar-refractivity contribution < 1.29 is 5.11 Å². The Balaban J connectivity index is 1.42. The Kier molecular flexibility index (Phi) is 4.04. The summed E-state index contributed by atoms with van der Waals surface area (Å²) in [5.74, 6) is 1.08. The van der Waals surface area contributed by atoms with Crippen LogP contribution in [0.15, 0.2) is 0 Å². The first-order valence-corrected chi connectivity index (χ1v) is 6.69. The van der Waals surface area contributed by atoms with Crippen LogP contribution in [0.5, 0.6) is 0 Å². The van der Waals surface area contributed by atoms with Gasteiger partial charge in [0.05, 0.1) is 0 Å².